The predicted molar refractivity (Wildman–Crippen MR) is 66.8 cm³/mol. The van der Waals surface area contributed by atoms with E-state index in [9.17, 15) is 4.79 Å². The summed E-state index contributed by atoms with van der Waals surface area (Å²) in [4.78, 5) is 15.2. The average molecular weight is 235 g/mol. The highest BCUT2D eigenvalue weighted by Gasteiger charge is 2.02. The maximum absolute atomic E-state index is 11.3. The number of rotatable bonds is 5. The zero-order valence-corrected chi connectivity index (χ0v) is 9.85. The largest absolute Gasteiger partial charge is 0.445 e. The van der Waals surface area contributed by atoms with Gasteiger partial charge in [0.1, 0.15) is 12.4 Å². The number of amidine groups is 1. The smallest absolute Gasteiger partial charge is 0.407 e. The number of carbonyl (C=O) groups excluding carboxylic acids is 1. The van der Waals surface area contributed by atoms with Gasteiger partial charge in [-0.2, -0.15) is 0 Å². The highest BCUT2D eigenvalue weighted by atomic mass is 16.5. The van der Waals surface area contributed by atoms with Crippen molar-refractivity contribution >= 4 is 11.9 Å². The lowest BCUT2D eigenvalue weighted by Crippen LogP contribution is -2.34. The molecule has 1 rings (SSSR count). The SMILES string of the molecule is CCN=C(N)CNC(=O)OCc1ccccc1. The molecule has 0 saturated heterocycles. The van der Waals surface area contributed by atoms with Gasteiger partial charge in [-0.05, 0) is 12.5 Å². The molecule has 0 saturated carbocycles. The first kappa shape index (κ1) is 13.0. The van der Waals surface area contributed by atoms with Gasteiger partial charge in [-0.15, -0.1) is 0 Å². The Labute approximate surface area is 101 Å². The van der Waals surface area contributed by atoms with Crippen LogP contribution < -0.4 is 11.1 Å². The van der Waals surface area contributed by atoms with Crippen LogP contribution >= 0.6 is 0 Å². The van der Waals surface area contributed by atoms with Crippen LogP contribution in [0.2, 0.25) is 0 Å². The third-order valence-electron chi connectivity index (χ3n) is 1.99. The van der Waals surface area contributed by atoms with Crippen molar-refractivity contribution in [2.45, 2.75) is 13.5 Å². The Morgan fingerprint density at radius 2 is 2.12 bits per heavy atom. The van der Waals surface area contributed by atoms with Crippen molar-refractivity contribution in [3.8, 4) is 0 Å². The third-order valence-corrected chi connectivity index (χ3v) is 1.99. The summed E-state index contributed by atoms with van der Waals surface area (Å²) in [6.45, 7) is 2.94. The van der Waals surface area contributed by atoms with Crippen LogP contribution in [0.5, 0.6) is 0 Å². The molecule has 0 unspecified atom stereocenters. The van der Waals surface area contributed by atoms with E-state index in [2.05, 4.69) is 10.3 Å². The summed E-state index contributed by atoms with van der Waals surface area (Å²) in [6, 6.07) is 9.47. The topological polar surface area (TPSA) is 76.7 Å². The molecule has 0 aliphatic heterocycles. The lowest BCUT2D eigenvalue weighted by atomic mass is 10.2. The molecule has 0 aliphatic carbocycles. The summed E-state index contributed by atoms with van der Waals surface area (Å²) < 4.78 is 5.00. The molecule has 17 heavy (non-hydrogen) atoms. The molecule has 0 heterocycles. The van der Waals surface area contributed by atoms with Crippen LogP contribution in [0.15, 0.2) is 35.3 Å². The van der Waals surface area contributed by atoms with Crippen molar-refractivity contribution in [3.05, 3.63) is 35.9 Å². The second-order valence-electron chi connectivity index (χ2n) is 3.38. The average Bonchev–Trinajstić information content (AvgIpc) is 2.35. The lowest BCUT2D eigenvalue weighted by Gasteiger charge is -2.06. The molecule has 0 aliphatic rings. The van der Waals surface area contributed by atoms with Gasteiger partial charge in [0.2, 0.25) is 0 Å². The Balaban J connectivity index is 2.24. The number of carbonyl (C=O) groups is 1. The van der Waals surface area contributed by atoms with Crippen LogP contribution in [-0.2, 0) is 11.3 Å². The zero-order chi connectivity index (χ0) is 12.5. The van der Waals surface area contributed by atoms with Gasteiger partial charge in [0.05, 0.1) is 6.54 Å². The van der Waals surface area contributed by atoms with E-state index in [-0.39, 0.29) is 13.2 Å². The van der Waals surface area contributed by atoms with Gasteiger partial charge >= 0.3 is 6.09 Å². The second kappa shape index (κ2) is 7.27. The number of alkyl carbamates (subject to hydrolysis) is 1. The van der Waals surface area contributed by atoms with E-state index < -0.39 is 6.09 Å². The Morgan fingerprint density at radius 1 is 1.41 bits per heavy atom. The molecular weight excluding hydrogens is 218 g/mol. The molecule has 0 fully saturated rings. The van der Waals surface area contributed by atoms with Crippen molar-refractivity contribution < 1.29 is 9.53 Å². The molecule has 1 aromatic rings. The monoisotopic (exact) mass is 235 g/mol. The first-order valence-electron chi connectivity index (χ1n) is 5.45. The van der Waals surface area contributed by atoms with Gasteiger partial charge in [0.15, 0.2) is 0 Å². The molecule has 1 aromatic carbocycles. The van der Waals surface area contributed by atoms with Crippen LogP contribution in [0.4, 0.5) is 4.79 Å². The molecule has 5 nitrogen and oxygen atoms in total. The molecule has 0 atom stereocenters. The molecule has 3 N–H and O–H groups in total. The summed E-state index contributed by atoms with van der Waals surface area (Å²) in [6.07, 6.45) is -0.497. The quantitative estimate of drug-likeness (QED) is 0.596. The standard InChI is InChI=1S/C12H17N3O2/c1-2-14-11(13)8-15-12(16)17-9-10-6-4-3-5-7-10/h3-7H,2,8-9H2,1H3,(H2,13,14)(H,15,16). The molecule has 1 amide bonds. The highest BCUT2D eigenvalue weighted by Crippen LogP contribution is 2.00. The molecule has 92 valence electrons. The number of amides is 1. The van der Waals surface area contributed by atoms with Gasteiger partial charge < -0.3 is 15.8 Å². The van der Waals surface area contributed by atoms with Crippen molar-refractivity contribution in [1.82, 2.24) is 5.32 Å². The van der Waals surface area contributed by atoms with Crippen molar-refractivity contribution in [3.63, 3.8) is 0 Å². The summed E-state index contributed by atoms with van der Waals surface area (Å²) >= 11 is 0. The molecule has 0 aromatic heterocycles. The van der Waals surface area contributed by atoms with E-state index in [1.54, 1.807) is 0 Å². The fourth-order valence-electron chi connectivity index (χ4n) is 1.20. The summed E-state index contributed by atoms with van der Waals surface area (Å²) in [5.41, 5.74) is 6.46. The van der Waals surface area contributed by atoms with Gasteiger partial charge in [0, 0.05) is 6.54 Å². The summed E-state index contributed by atoms with van der Waals surface area (Å²) in [5.74, 6) is 0.393. The molecule has 5 heteroatoms. The maximum atomic E-state index is 11.3. The Hall–Kier alpha value is -2.04. The lowest BCUT2D eigenvalue weighted by molar-refractivity contribution is 0.141. The third kappa shape index (κ3) is 5.55. The molecule has 0 bridgehead atoms. The first-order valence-corrected chi connectivity index (χ1v) is 5.45. The second-order valence-corrected chi connectivity index (χ2v) is 3.38. The Bertz CT molecular complexity index is 377. The Morgan fingerprint density at radius 3 is 2.76 bits per heavy atom. The number of nitrogens with zero attached hydrogens (tertiary/aromatic N) is 1. The number of nitrogens with one attached hydrogen (secondary N) is 1. The van der Waals surface area contributed by atoms with E-state index in [0.717, 1.165) is 5.56 Å². The van der Waals surface area contributed by atoms with E-state index in [1.807, 2.05) is 37.3 Å². The van der Waals surface area contributed by atoms with E-state index in [0.29, 0.717) is 12.4 Å². The molecule has 0 radical (unpaired) electrons. The minimum absolute atomic E-state index is 0.210. The minimum Gasteiger partial charge on any atom is -0.445 e. The summed E-state index contributed by atoms with van der Waals surface area (Å²) in [5, 5.41) is 2.52. The van der Waals surface area contributed by atoms with Gasteiger partial charge in [0.25, 0.3) is 0 Å². The molecular formula is C12H17N3O2. The number of hydrogen-bond acceptors (Lipinski definition) is 3. The maximum Gasteiger partial charge on any atom is 0.407 e. The fraction of sp³-hybridized carbons (Fsp3) is 0.333. The van der Waals surface area contributed by atoms with Gasteiger partial charge in [-0.1, -0.05) is 30.3 Å². The van der Waals surface area contributed by atoms with E-state index in [4.69, 9.17) is 10.5 Å². The number of nitrogens with two attached hydrogens (primary N) is 1. The summed E-state index contributed by atoms with van der Waals surface area (Å²) in [7, 11) is 0. The van der Waals surface area contributed by atoms with Gasteiger partial charge in [-0.3, -0.25) is 4.99 Å². The van der Waals surface area contributed by atoms with Crippen LogP contribution in [0.3, 0.4) is 0 Å². The number of benzene rings is 1. The van der Waals surface area contributed by atoms with E-state index >= 15 is 0 Å². The van der Waals surface area contributed by atoms with E-state index in [1.165, 1.54) is 0 Å². The minimum atomic E-state index is -0.497. The van der Waals surface area contributed by atoms with Crippen LogP contribution in [0, 0.1) is 0 Å². The van der Waals surface area contributed by atoms with Crippen molar-refractivity contribution in [1.29, 1.82) is 0 Å². The Kier molecular flexibility index (Phi) is 5.57. The van der Waals surface area contributed by atoms with Crippen LogP contribution in [0.25, 0.3) is 0 Å². The van der Waals surface area contributed by atoms with Crippen molar-refractivity contribution in [2.24, 2.45) is 10.7 Å². The van der Waals surface area contributed by atoms with Crippen LogP contribution in [-0.4, -0.2) is 25.0 Å². The van der Waals surface area contributed by atoms with Gasteiger partial charge in [-0.25, -0.2) is 4.79 Å². The fourth-order valence-corrected chi connectivity index (χ4v) is 1.20. The first-order chi connectivity index (χ1) is 8.22. The van der Waals surface area contributed by atoms with Crippen molar-refractivity contribution in [2.75, 3.05) is 13.1 Å². The molecule has 0 spiro atoms. The number of ether oxygens (including phenoxy) is 1. The predicted octanol–water partition coefficient (Wildman–Crippen LogP) is 1.29. The number of hydrogen-bond donors (Lipinski definition) is 2. The normalized spacial score (nSPS) is 11.0. The van der Waals surface area contributed by atoms with Crippen LogP contribution in [0.1, 0.15) is 12.5 Å². The zero-order valence-electron chi connectivity index (χ0n) is 9.85. The number of aliphatic imine (C=N–C) groups is 1. The highest BCUT2D eigenvalue weighted by molar-refractivity contribution is 5.85.